The van der Waals surface area contributed by atoms with Crippen molar-refractivity contribution in [2.45, 2.75) is 45.6 Å². The molecule has 0 radical (unpaired) electrons. The predicted molar refractivity (Wildman–Crippen MR) is 90.0 cm³/mol. The molecular weight excluding hydrogens is 304 g/mol. The van der Waals surface area contributed by atoms with Gasteiger partial charge in [0.15, 0.2) is 5.89 Å². The Labute approximate surface area is 141 Å². The van der Waals surface area contributed by atoms with Crippen LogP contribution in [0, 0.1) is 12.8 Å². The lowest BCUT2D eigenvalue weighted by Gasteiger charge is -2.39. The topological polar surface area (TPSA) is 64.2 Å². The van der Waals surface area contributed by atoms with E-state index in [0.717, 1.165) is 62.8 Å². The van der Waals surface area contributed by atoms with E-state index < -0.39 is 0 Å². The molecule has 24 heavy (non-hydrogen) atoms. The van der Waals surface area contributed by atoms with Crippen molar-refractivity contribution in [2.75, 3.05) is 19.6 Å². The molecule has 0 amide bonds. The maximum absolute atomic E-state index is 12.2. The third-order valence-corrected chi connectivity index (χ3v) is 5.08. The third kappa shape index (κ3) is 3.29. The van der Waals surface area contributed by atoms with Crippen LogP contribution in [0.25, 0.3) is 0 Å². The first kappa shape index (κ1) is 15.6. The molecule has 1 fully saturated rings. The normalized spacial score (nSPS) is 18.4. The molecule has 1 aliphatic carbocycles. The number of nitrogens with zero attached hydrogens (tertiary/aromatic N) is 4. The van der Waals surface area contributed by atoms with Crippen molar-refractivity contribution in [3.05, 3.63) is 45.5 Å². The molecule has 0 spiro atoms. The highest BCUT2D eigenvalue weighted by Gasteiger charge is 2.27. The number of hydrogen-bond acceptors (Lipinski definition) is 5. The maximum Gasteiger partial charge on any atom is 0.267 e. The van der Waals surface area contributed by atoms with Crippen molar-refractivity contribution in [2.24, 2.45) is 5.92 Å². The number of hydrogen-bond donors (Lipinski definition) is 0. The van der Waals surface area contributed by atoms with Gasteiger partial charge >= 0.3 is 0 Å². The molecule has 0 unspecified atom stereocenters. The molecule has 2 aromatic heterocycles. The summed E-state index contributed by atoms with van der Waals surface area (Å²) in [5, 5.41) is 4.62. The van der Waals surface area contributed by atoms with Crippen LogP contribution in [-0.2, 0) is 25.8 Å². The SMILES string of the molecule is Cc1ncc(CCN2CC(Cn3nc4c(cc3=O)CCCC4)C2)o1. The number of aryl methyl sites for hydroxylation is 3. The molecule has 1 saturated heterocycles. The van der Waals surface area contributed by atoms with Crippen LogP contribution in [0.2, 0.25) is 0 Å². The maximum atomic E-state index is 12.2. The van der Waals surface area contributed by atoms with Gasteiger partial charge in [0.1, 0.15) is 5.76 Å². The van der Waals surface area contributed by atoms with Crippen LogP contribution >= 0.6 is 0 Å². The Balaban J connectivity index is 1.29. The molecule has 0 N–H and O–H groups in total. The summed E-state index contributed by atoms with van der Waals surface area (Å²) in [4.78, 5) is 18.7. The van der Waals surface area contributed by atoms with Crippen molar-refractivity contribution in [1.82, 2.24) is 19.7 Å². The van der Waals surface area contributed by atoms with Gasteiger partial charge in [0.05, 0.1) is 18.4 Å². The zero-order valence-electron chi connectivity index (χ0n) is 14.2. The molecule has 0 aromatic carbocycles. The number of fused-ring (bicyclic) bond motifs is 1. The first-order valence-corrected chi connectivity index (χ1v) is 8.91. The monoisotopic (exact) mass is 328 g/mol. The van der Waals surface area contributed by atoms with Crippen LogP contribution < -0.4 is 5.56 Å². The second-order valence-electron chi connectivity index (χ2n) is 7.06. The Morgan fingerprint density at radius 3 is 2.92 bits per heavy atom. The van der Waals surface area contributed by atoms with Crippen LogP contribution in [0.4, 0.5) is 0 Å². The Morgan fingerprint density at radius 2 is 2.12 bits per heavy atom. The van der Waals surface area contributed by atoms with Gasteiger partial charge in [0.2, 0.25) is 0 Å². The van der Waals surface area contributed by atoms with Gasteiger partial charge in [-0.15, -0.1) is 0 Å². The second kappa shape index (κ2) is 6.51. The fourth-order valence-electron chi connectivity index (χ4n) is 3.74. The van der Waals surface area contributed by atoms with Crippen LogP contribution in [0.15, 0.2) is 21.5 Å². The highest BCUT2D eigenvalue weighted by Crippen LogP contribution is 2.20. The van der Waals surface area contributed by atoms with Crippen molar-refractivity contribution < 1.29 is 4.42 Å². The Kier molecular flexibility index (Phi) is 4.22. The molecule has 4 rings (SSSR count). The van der Waals surface area contributed by atoms with Gasteiger partial charge in [-0.1, -0.05) is 0 Å². The first-order valence-electron chi connectivity index (χ1n) is 8.91. The molecule has 3 heterocycles. The van der Waals surface area contributed by atoms with Gasteiger partial charge < -0.3 is 9.32 Å². The minimum Gasteiger partial charge on any atom is -0.446 e. The average molecular weight is 328 g/mol. The third-order valence-electron chi connectivity index (χ3n) is 5.08. The minimum atomic E-state index is 0.0613. The molecule has 1 aliphatic heterocycles. The molecule has 128 valence electrons. The van der Waals surface area contributed by atoms with E-state index in [0.29, 0.717) is 5.92 Å². The van der Waals surface area contributed by atoms with Gasteiger partial charge in [-0.25, -0.2) is 9.67 Å². The smallest absolute Gasteiger partial charge is 0.267 e. The molecule has 2 aromatic rings. The lowest BCUT2D eigenvalue weighted by molar-refractivity contribution is 0.0838. The number of aromatic nitrogens is 3. The summed E-state index contributed by atoms with van der Waals surface area (Å²) in [5.41, 5.74) is 2.36. The average Bonchev–Trinajstić information content (AvgIpc) is 2.95. The summed E-state index contributed by atoms with van der Waals surface area (Å²) in [7, 11) is 0. The molecular formula is C18H24N4O2. The predicted octanol–water partition coefficient (Wildman–Crippen LogP) is 1.59. The zero-order valence-corrected chi connectivity index (χ0v) is 14.2. The highest BCUT2D eigenvalue weighted by atomic mass is 16.4. The largest absolute Gasteiger partial charge is 0.446 e. The number of likely N-dealkylation sites (tertiary alicyclic amines) is 1. The lowest BCUT2D eigenvalue weighted by atomic mass is 9.96. The molecule has 0 bridgehead atoms. The van der Waals surface area contributed by atoms with E-state index in [2.05, 4.69) is 15.0 Å². The fraction of sp³-hybridized carbons (Fsp3) is 0.611. The van der Waals surface area contributed by atoms with Gasteiger partial charge in [-0.05, 0) is 31.2 Å². The summed E-state index contributed by atoms with van der Waals surface area (Å²) < 4.78 is 7.19. The van der Waals surface area contributed by atoms with E-state index in [-0.39, 0.29) is 5.56 Å². The van der Waals surface area contributed by atoms with E-state index >= 15 is 0 Å². The van der Waals surface area contributed by atoms with Crippen LogP contribution in [0.1, 0.15) is 35.7 Å². The summed E-state index contributed by atoms with van der Waals surface area (Å²) >= 11 is 0. The summed E-state index contributed by atoms with van der Waals surface area (Å²) in [6.45, 7) is 5.64. The van der Waals surface area contributed by atoms with E-state index in [1.165, 1.54) is 18.4 Å². The molecule has 2 aliphatic rings. The minimum absolute atomic E-state index is 0.0613. The van der Waals surface area contributed by atoms with Gasteiger partial charge in [-0.2, -0.15) is 5.10 Å². The number of oxazole rings is 1. The molecule has 6 heteroatoms. The van der Waals surface area contributed by atoms with Crippen molar-refractivity contribution >= 4 is 0 Å². The van der Waals surface area contributed by atoms with Crippen molar-refractivity contribution in [1.29, 1.82) is 0 Å². The highest BCUT2D eigenvalue weighted by molar-refractivity contribution is 5.20. The van der Waals surface area contributed by atoms with Crippen molar-refractivity contribution in [3.8, 4) is 0 Å². The van der Waals surface area contributed by atoms with Crippen LogP contribution in [0.3, 0.4) is 0 Å². The Morgan fingerprint density at radius 1 is 1.29 bits per heavy atom. The van der Waals surface area contributed by atoms with Gasteiger partial charge in [0, 0.05) is 45.0 Å². The quantitative estimate of drug-likeness (QED) is 0.834. The van der Waals surface area contributed by atoms with Gasteiger partial charge in [-0.3, -0.25) is 4.79 Å². The standard InChI is InChI=1S/C18H24N4O2/c1-13-19-9-16(24-13)6-7-21-10-14(11-21)12-22-18(23)8-15-4-2-3-5-17(15)20-22/h8-9,14H,2-7,10-12H2,1H3. The van der Waals surface area contributed by atoms with E-state index in [1.54, 1.807) is 4.68 Å². The molecule has 6 nitrogen and oxygen atoms in total. The fourth-order valence-corrected chi connectivity index (χ4v) is 3.74. The summed E-state index contributed by atoms with van der Waals surface area (Å²) in [6.07, 6.45) is 7.10. The molecule has 0 atom stereocenters. The lowest BCUT2D eigenvalue weighted by Crippen LogP contribution is -2.50. The van der Waals surface area contributed by atoms with Crippen LogP contribution in [-0.4, -0.2) is 39.3 Å². The second-order valence-corrected chi connectivity index (χ2v) is 7.06. The Bertz CT molecular complexity index is 774. The summed E-state index contributed by atoms with van der Waals surface area (Å²) in [6, 6.07) is 1.81. The summed E-state index contributed by atoms with van der Waals surface area (Å²) in [5.74, 6) is 2.20. The first-order chi connectivity index (χ1) is 11.7. The number of rotatable bonds is 5. The van der Waals surface area contributed by atoms with E-state index in [1.807, 2.05) is 19.2 Å². The molecule has 0 saturated carbocycles. The van der Waals surface area contributed by atoms with E-state index in [4.69, 9.17) is 4.42 Å². The van der Waals surface area contributed by atoms with E-state index in [9.17, 15) is 4.79 Å². The van der Waals surface area contributed by atoms with Crippen molar-refractivity contribution in [3.63, 3.8) is 0 Å². The zero-order chi connectivity index (χ0) is 16.5. The van der Waals surface area contributed by atoms with Gasteiger partial charge in [0.25, 0.3) is 5.56 Å². The van der Waals surface area contributed by atoms with Crippen LogP contribution in [0.5, 0.6) is 0 Å². The Hall–Kier alpha value is -1.95.